The molecule has 1 aliphatic rings. The van der Waals surface area contributed by atoms with Crippen LogP contribution in [-0.4, -0.2) is 48.0 Å². The van der Waals surface area contributed by atoms with Gasteiger partial charge in [-0.2, -0.15) is 0 Å². The summed E-state index contributed by atoms with van der Waals surface area (Å²) in [6.07, 6.45) is -1.51. The molecule has 0 saturated heterocycles. The van der Waals surface area contributed by atoms with Crippen LogP contribution in [0.2, 0.25) is 5.02 Å². The highest BCUT2D eigenvalue weighted by molar-refractivity contribution is 6.32. The Morgan fingerprint density at radius 2 is 2.09 bits per heavy atom. The minimum Gasteiger partial charge on any atom is -0.486 e. The Morgan fingerprint density at radius 3 is 2.70 bits per heavy atom. The Bertz CT molecular complexity index is 652. The molecule has 0 atom stereocenters. The molecule has 0 aliphatic carbocycles. The van der Waals surface area contributed by atoms with Crippen LogP contribution in [0.15, 0.2) is 30.0 Å². The summed E-state index contributed by atoms with van der Waals surface area (Å²) in [4.78, 5) is 24.5. The first-order chi connectivity index (χ1) is 10.9. The van der Waals surface area contributed by atoms with Gasteiger partial charge in [0.25, 0.3) is 18.2 Å². The zero-order valence-electron chi connectivity index (χ0n) is 11.8. The van der Waals surface area contributed by atoms with Crippen molar-refractivity contribution < 1.29 is 28.2 Å². The summed E-state index contributed by atoms with van der Waals surface area (Å²) < 4.78 is 29.0. The second-order valence-electron chi connectivity index (χ2n) is 4.55. The molecule has 2 rings (SSSR count). The molecule has 6 nitrogen and oxygen atoms in total. The molecule has 1 heterocycles. The van der Waals surface area contributed by atoms with Crippen LogP contribution in [0, 0.1) is 0 Å². The molecule has 23 heavy (non-hydrogen) atoms. The van der Waals surface area contributed by atoms with Gasteiger partial charge >= 0.3 is 0 Å². The van der Waals surface area contributed by atoms with Gasteiger partial charge in [0.05, 0.1) is 18.2 Å². The first kappa shape index (κ1) is 17.2. The molecule has 1 aliphatic heterocycles. The van der Waals surface area contributed by atoms with Crippen LogP contribution in [0.25, 0.3) is 0 Å². The maximum atomic E-state index is 12.1. The summed E-state index contributed by atoms with van der Waals surface area (Å²) in [5.41, 5.74) is 0.415. The summed E-state index contributed by atoms with van der Waals surface area (Å²) in [7, 11) is 0. The molecule has 1 aromatic rings. The van der Waals surface area contributed by atoms with Crippen LogP contribution in [0.4, 0.5) is 14.5 Å². The largest absolute Gasteiger partial charge is 0.486 e. The van der Waals surface area contributed by atoms with E-state index in [0.717, 1.165) is 11.0 Å². The molecule has 0 saturated carbocycles. The predicted octanol–water partition coefficient (Wildman–Crippen LogP) is 1.64. The van der Waals surface area contributed by atoms with E-state index >= 15 is 0 Å². The summed E-state index contributed by atoms with van der Waals surface area (Å²) in [5.74, 6) is -1.02. The predicted molar refractivity (Wildman–Crippen MR) is 78.5 cm³/mol. The average Bonchev–Trinajstić information content (AvgIpc) is 2.74. The third kappa shape index (κ3) is 4.17. The number of alkyl halides is 2. The summed E-state index contributed by atoms with van der Waals surface area (Å²) >= 11 is 5.92. The SMILES string of the molecule is O=C1C=C(Nc2ccc(OCC(F)F)c(Cl)c2)C(=O)N1CCO. The molecule has 0 aromatic heterocycles. The topological polar surface area (TPSA) is 78.9 Å². The van der Waals surface area contributed by atoms with Crippen LogP contribution in [-0.2, 0) is 9.59 Å². The maximum Gasteiger partial charge on any atom is 0.277 e. The third-order valence-corrected chi connectivity index (χ3v) is 3.20. The number of aliphatic hydroxyl groups excluding tert-OH is 1. The monoisotopic (exact) mass is 346 g/mol. The number of anilines is 1. The normalized spacial score (nSPS) is 14.5. The van der Waals surface area contributed by atoms with Gasteiger partial charge in [0.2, 0.25) is 0 Å². The number of halogens is 3. The van der Waals surface area contributed by atoms with E-state index in [1.54, 1.807) is 0 Å². The number of carbonyl (C=O) groups excluding carboxylic acids is 2. The molecule has 0 unspecified atom stereocenters. The fourth-order valence-electron chi connectivity index (χ4n) is 1.91. The Labute approximate surface area is 135 Å². The molecule has 0 bridgehead atoms. The van der Waals surface area contributed by atoms with Crippen LogP contribution >= 0.6 is 11.6 Å². The number of benzene rings is 1. The number of amides is 2. The van der Waals surface area contributed by atoms with Gasteiger partial charge in [0.15, 0.2) is 0 Å². The van der Waals surface area contributed by atoms with Crippen molar-refractivity contribution in [3.8, 4) is 5.75 Å². The van der Waals surface area contributed by atoms with Gasteiger partial charge in [-0.05, 0) is 18.2 Å². The van der Waals surface area contributed by atoms with Crippen molar-refractivity contribution in [2.45, 2.75) is 6.43 Å². The van der Waals surface area contributed by atoms with Crippen molar-refractivity contribution in [1.29, 1.82) is 0 Å². The van der Waals surface area contributed by atoms with Gasteiger partial charge < -0.3 is 15.2 Å². The number of hydrogen-bond acceptors (Lipinski definition) is 5. The first-order valence-corrected chi connectivity index (χ1v) is 6.96. The fraction of sp³-hybridized carbons (Fsp3) is 0.286. The molecule has 9 heteroatoms. The standard InChI is InChI=1S/C14H13ClF2N2O4/c15-9-5-8(1-2-11(9)23-7-12(16)17)18-10-6-13(21)19(3-4-20)14(10)22/h1-2,5-6,12,18,20H,3-4,7H2. The van der Waals surface area contributed by atoms with E-state index < -0.39 is 24.8 Å². The lowest BCUT2D eigenvalue weighted by molar-refractivity contribution is -0.137. The number of imide groups is 1. The molecule has 1 aromatic carbocycles. The fourth-order valence-corrected chi connectivity index (χ4v) is 2.15. The summed E-state index contributed by atoms with van der Waals surface area (Å²) in [6, 6.07) is 4.23. The smallest absolute Gasteiger partial charge is 0.277 e. The van der Waals surface area contributed by atoms with E-state index in [1.807, 2.05) is 0 Å². The van der Waals surface area contributed by atoms with Crippen molar-refractivity contribution in [1.82, 2.24) is 4.90 Å². The number of hydrogen-bond donors (Lipinski definition) is 2. The Hall–Kier alpha value is -2.19. The zero-order chi connectivity index (χ0) is 17.0. The lowest BCUT2D eigenvalue weighted by Crippen LogP contribution is -2.34. The maximum absolute atomic E-state index is 12.1. The number of nitrogens with one attached hydrogen (secondary N) is 1. The van der Waals surface area contributed by atoms with Crippen molar-refractivity contribution in [3.63, 3.8) is 0 Å². The molecular weight excluding hydrogens is 334 g/mol. The van der Waals surface area contributed by atoms with Gasteiger partial charge in [-0.15, -0.1) is 0 Å². The van der Waals surface area contributed by atoms with Crippen LogP contribution in [0.5, 0.6) is 5.75 Å². The second kappa shape index (κ2) is 7.38. The Morgan fingerprint density at radius 1 is 1.35 bits per heavy atom. The van der Waals surface area contributed by atoms with Gasteiger partial charge in [0.1, 0.15) is 18.1 Å². The minimum absolute atomic E-state index is 0.0285. The number of nitrogens with zero attached hydrogens (tertiary/aromatic N) is 1. The molecule has 124 valence electrons. The van der Waals surface area contributed by atoms with Crippen molar-refractivity contribution >= 4 is 29.1 Å². The van der Waals surface area contributed by atoms with E-state index in [4.69, 9.17) is 21.4 Å². The molecule has 0 fully saturated rings. The van der Waals surface area contributed by atoms with Crippen molar-refractivity contribution in [2.75, 3.05) is 25.1 Å². The molecule has 2 N–H and O–H groups in total. The van der Waals surface area contributed by atoms with Gasteiger partial charge in [-0.1, -0.05) is 11.6 Å². The van der Waals surface area contributed by atoms with Crippen molar-refractivity contribution in [3.05, 3.63) is 35.0 Å². The molecule has 0 spiro atoms. The molecular formula is C14H13ClF2N2O4. The van der Waals surface area contributed by atoms with E-state index in [0.29, 0.717) is 5.69 Å². The van der Waals surface area contributed by atoms with Gasteiger partial charge in [-0.25, -0.2) is 8.78 Å². The summed E-state index contributed by atoms with van der Waals surface area (Å²) in [5, 5.41) is 11.6. The average molecular weight is 347 g/mol. The quantitative estimate of drug-likeness (QED) is 0.734. The highest BCUT2D eigenvalue weighted by Gasteiger charge is 2.30. The highest BCUT2D eigenvalue weighted by Crippen LogP contribution is 2.29. The van der Waals surface area contributed by atoms with Crippen LogP contribution in [0.1, 0.15) is 0 Å². The van der Waals surface area contributed by atoms with E-state index in [1.165, 1.54) is 18.2 Å². The molecule has 2 amide bonds. The minimum atomic E-state index is -2.62. The van der Waals surface area contributed by atoms with E-state index in [9.17, 15) is 18.4 Å². The van der Waals surface area contributed by atoms with Gasteiger partial charge in [0, 0.05) is 11.8 Å². The van der Waals surface area contributed by atoms with Crippen LogP contribution < -0.4 is 10.1 Å². The number of carbonyl (C=O) groups is 2. The first-order valence-electron chi connectivity index (χ1n) is 6.58. The van der Waals surface area contributed by atoms with Crippen LogP contribution in [0.3, 0.4) is 0 Å². The Balaban J connectivity index is 2.06. The second-order valence-corrected chi connectivity index (χ2v) is 4.96. The highest BCUT2D eigenvalue weighted by atomic mass is 35.5. The lowest BCUT2D eigenvalue weighted by Gasteiger charge is -2.14. The zero-order valence-corrected chi connectivity index (χ0v) is 12.5. The van der Waals surface area contributed by atoms with E-state index in [-0.39, 0.29) is 29.6 Å². The number of rotatable bonds is 7. The molecule has 0 radical (unpaired) electrons. The third-order valence-electron chi connectivity index (χ3n) is 2.91. The number of β-amino-alcohol motifs (C(OH)–C–C–N with tert-alkyl or cyclic N) is 1. The van der Waals surface area contributed by atoms with E-state index in [2.05, 4.69) is 5.32 Å². The van der Waals surface area contributed by atoms with Crippen molar-refractivity contribution in [2.24, 2.45) is 0 Å². The van der Waals surface area contributed by atoms with Gasteiger partial charge in [-0.3, -0.25) is 14.5 Å². The lowest BCUT2D eigenvalue weighted by atomic mass is 10.3. The number of aliphatic hydroxyl groups is 1. The summed E-state index contributed by atoms with van der Waals surface area (Å²) in [6.45, 7) is -1.21. The Kier molecular flexibility index (Phi) is 5.51. The number of ether oxygens (including phenoxy) is 1.